The van der Waals surface area contributed by atoms with Crippen LogP contribution in [0.3, 0.4) is 0 Å². The summed E-state index contributed by atoms with van der Waals surface area (Å²) in [5, 5.41) is 18.8. The number of anilines is 1. The topological polar surface area (TPSA) is 69.5 Å². The van der Waals surface area contributed by atoms with E-state index in [1.165, 1.54) is 6.33 Å². The Balaban J connectivity index is 3.16. The van der Waals surface area contributed by atoms with Gasteiger partial charge in [-0.2, -0.15) is 0 Å². The van der Waals surface area contributed by atoms with Crippen molar-refractivity contribution in [3.63, 3.8) is 0 Å². The molecule has 1 aromatic rings. The highest BCUT2D eigenvalue weighted by Crippen LogP contribution is 2.26. The van der Waals surface area contributed by atoms with Crippen LogP contribution in [0.25, 0.3) is 0 Å². The third-order valence-corrected chi connectivity index (χ3v) is 3.35. The maximum absolute atomic E-state index is 9.39. The SMILES string of the molecule is CCC(CC)N(CCO)c1ncnc(Cl)c1CO. The van der Waals surface area contributed by atoms with E-state index in [9.17, 15) is 10.2 Å². The van der Waals surface area contributed by atoms with Crippen LogP contribution in [0.2, 0.25) is 5.15 Å². The number of aliphatic hydroxyl groups excluding tert-OH is 2. The maximum Gasteiger partial charge on any atom is 0.140 e. The Hall–Kier alpha value is -0.910. The molecule has 102 valence electrons. The lowest BCUT2D eigenvalue weighted by molar-refractivity contribution is 0.278. The van der Waals surface area contributed by atoms with Crippen LogP contribution >= 0.6 is 11.6 Å². The predicted octanol–water partition coefficient (Wildman–Crippen LogP) is 1.61. The van der Waals surface area contributed by atoms with Gasteiger partial charge in [0.15, 0.2) is 0 Å². The molecule has 1 heterocycles. The zero-order valence-electron chi connectivity index (χ0n) is 10.8. The Morgan fingerprint density at radius 2 is 1.94 bits per heavy atom. The highest BCUT2D eigenvalue weighted by Gasteiger charge is 2.21. The van der Waals surface area contributed by atoms with Crippen LogP contribution in [-0.2, 0) is 6.61 Å². The summed E-state index contributed by atoms with van der Waals surface area (Å²) in [4.78, 5) is 10.1. The minimum atomic E-state index is -0.211. The van der Waals surface area contributed by atoms with Crippen LogP contribution in [0, 0.1) is 0 Å². The smallest absolute Gasteiger partial charge is 0.140 e. The molecule has 6 heteroatoms. The molecule has 0 spiro atoms. The molecule has 2 N–H and O–H groups in total. The van der Waals surface area contributed by atoms with Gasteiger partial charge in [-0.3, -0.25) is 0 Å². The average Bonchev–Trinajstić information content (AvgIpc) is 2.38. The van der Waals surface area contributed by atoms with Gasteiger partial charge in [0.1, 0.15) is 17.3 Å². The number of hydrogen-bond donors (Lipinski definition) is 2. The van der Waals surface area contributed by atoms with E-state index in [4.69, 9.17) is 11.6 Å². The molecule has 0 unspecified atom stereocenters. The summed E-state index contributed by atoms with van der Waals surface area (Å²) >= 11 is 5.96. The van der Waals surface area contributed by atoms with Gasteiger partial charge in [0.05, 0.1) is 18.8 Å². The summed E-state index contributed by atoms with van der Waals surface area (Å²) < 4.78 is 0. The fourth-order valence-corrected chi connectivity index (χ4v) is 2.25. The quantitative estimate of drug-likeness (QED) is 0.739. The van der Waals surface area contributed by atoms with E-state index in [-0.39, 0.29) is 24.4 Å². The molecule has 0 aliphatic rings. The summed E-state index contributed by atoms with van der Waals surface area (Å²) in [6.07, 6.45) is 3.25. The van der Waals surface area contributed by atoms with Crippen molar-refractivity contribution in [2.24, 2.45) is 0 Å². The lowest BCUT2D eigenvalue weighted by Gasteiger charge is -2.32. The molecule has 0 bridgehead atoms. The van der Waals surface area contributed by atoms with Gasteiger partial charge in [-0.25, -0.2) is 9.97 Å². The lowest BCUT2D eigenvalue weighted by atomic mass is 10.1. The van der Waals surface area contributed by atoms with Gasteiger partial charge in [0, 0.05) is 12.6 Å². The number of halogens is 1. The Morgan fingerprint density at radius 3 is 2.44 bits per heavy atom. The standard InChI is InChI=1S/C12H20ClN3O2/c1-3-9(4-2)16(5-6-17)12-10(7-18)11(13)14-8-15-12/h8-9,17-18H,3-7H2,1-2H3. The Bertz CT molecular complexity index is 372. The minimum Gasteiger partial charge on any atom is -0.395 e. The molecule has 0 radical (unpaired) electrons. The zero-order chi connectivity index (χ0) is 13.5. The van der Waals surface area contributed by atoms with Crippen molar-refractivity contribution in [1.82, 2.24) is 9.97 Å². The average molecular weight is 274 g/mol. The summed E-state index contributed by atoms with van der Waals surface area (Å²) in [6.45, 7) is 4.45. The van der Waals surface area contributed by atoms with Crippen molar-refractivity contribution in [2.45, 2.75) is 39.3 Å². The van der Waals surface area contributed by atoms with Gasteiger partial charge >= 0.3 is 0 Å². The van der Waals surface area contributed by atoms with Crippen molar-refractivity contribution < 1.29 is 10.2 Å². The first kappa shape index (κ1) is 15.1. The fourth-order valence-electron chi connectivity index (χ4n) is 2.06. The van der Waals surface area contributed by atoms with Crippen LogP contribution in [0.1, 0.15) is 32.3 Å². The minimum absolute atomic E-state index is 0.0307. The van der Waals surface area contributed by atoms with E-state index in [1.807, 2.05) is 4.90 Å². The van der Waals surface area contributed by atoms with Crippen LogP contribution in [0.4, 0.5) is 5.82 Å². The monoisotopic (exact) mass is 273 g/mol. The number of aromatic nitrogens is 2. The summed E-state index contributed by atoms with van der Waals surface area (Å²) in [5.74, 6) is 0.611. The van der Waals surface area contributed by atoms with Crippen LogP contribution in [0.15, 0.2) is 6.33 Å². The predicted molar refractivity (Wildman–Crippen MR) is 71.8 cm³/mol. The fraction of sp³-hybridized carbons (Fsp3) is 0.667. The van der Waals surface area contributed by atoms with E-state index in [0.29, 0.717) is 17.9 Å². The first-order chi connectivity index (χ1) is 8.69. The van der Waals surface area contributed by atoms with Crippen LogP contribution < -0.4 is 4.90 Å². The number of hydrogen-bond acceptors (Lipinski definition) is 5. The third-order valence-electron chi connectivity index (χ3n) is 3.02. The lowest BCUT2D eigenvalue weighted by Crippen LogP contribution is -2.38. The van der Waals surface area contributed by atoms with Crippen LogP contribution in [-0.4, -0.2) is 39.4 Å². The Kier molecular flexibility index (Phi) is 6.32. The summed E-state index contributed by atoms with van der Waals surface area (Å²) in [7, 11) is 0. The normalized spacial score (nSPS) is 11.0. The first-order valence-corrected chi connectivity index (χ1v) is 6.55. The van der Waals surface area contributed by atoms with Gasteiger partial charge in [0.2, 0.25) is 0 Å². The molecule has 0 saturated carbocycles. The number of nitrogens with zero attached hydrogens (tertiary/aromatic N) is 3. The van der Waals surface area contributed by atoms with Gasteiger partial charge in [0.25, 0.3) is 0 Å². The van der Waals surface area contributed by atoms with E-state index in [0.717, 1.165) is 12.8 Å². The molecule has 0 saturated heterocycles. The summed E-state index contributed by atoms with van der Waals surface area (Å²) in [5.41, 5.74) is 0.513. The summed E-state index contributed by atoms with van der Waals surface area (Å²) in [6, 6.07) is 0.258. The van der Waals surface area contributed by atoms with E-state index < -0.39 is 0 Å². The molecule has 0 aromatic carbocycles. The molecule has 5 nitrogen and oxygen atoms in total. The van der Waals surface area contributed by atoms with Gasteiger partial charge in [-0.1, -0.05) is 25.4 Å². The molecular formula is C12H20ClN3O2. The third kappa shape index (κ3) is 3.31. The molecule has 0 fully saturated rings. The van der Waals surface area contributed by atoms with Gasteiger partial charge < -0.3 is 15.1 Å². The van der Waals surface area contributed by atoms with Gasteiger partial charge in [-0.15, -0.1) is 0 Å². The van der Waals surface area contributed by atoms with Crippen LogP contribution in [0.5, 0.6) is 0 Å². The van der Waals surface area contributed by atoms with Crippen molar-refractivity contribution in [3.05, 3.63) is 17.0 Å². The Morgan fingerprint density at radius 1 is 1.28 bits per heavy atom. The zero-order valence-corrected chi connectivity index (χ0v) is 11.6. The largest absolute Gasteiger partial charge is 0.395 e. The number of rotatable bonds is 7. The van der Waals surface area contributed by atoms with Crippen molar-refractivity contribution in [3.8, 4) is 0 Å². The van der Waals surface area contributed by atoms with Crippen molar-refractivity contribution >= 4 is 17.4 Å². The van der Waals surface area contributed by atoms with E-state index in [1.54, 1.807) is 0 Å². The molecule has 1 aromatic heterocycles. The second-order valence-electron chi connectivity index (χ2n) is 4.01. The van der Waals surface area contributed by atoms with Crippen molar-refractivity contribution in [2.75, 3.05) is 18.1 Å². The second-order valence-corrected chi connectivity index (χ2v) is 4.37. The molecule has 18 heavy (non-hydrogen) atoms. The molecule has 0 aliphatic carbocycles. The van der Waals surface area contributed by atoms with E-state index >= 15 is 0 Å². The Labute approximate surface area is 112 Å². The van der Waals surface area contributed by atoms with Crippen molar-refractivity contribution in [1.29, 1.82) is 0 Å². The molecule has 0 amide bonds. The van der Waals surface area contributed by atoms with Gasteiger partial charge in [-0.05, 0) is 12.8 Å². The second kappa shape index (κ2) is 7.51. The number of aliphatic hydroxyl groups is 2. The maximum atomic E-state index is 9.39. The first-order valence-electron chi connectivity index (χ1n) is 6.17. The molecule has 1 rings (SSSR count). The highest BCUT2D eigenvalue weighted by molar-refractivity contribution is 6.30. The van der Waals surface area contributed by atoms with E-state index in [2.05, 4.69) is 23.8 Å². The molecule has 0 atom stereocenters. The highest BCUT2D eigenvalue weighted by atomic mass is 35.5. The molecular weight excluding hydrogens is 254 g/mol. The molecule has 0 aliphatic heterocycles.